The van der Waals surface area contributed by atoms with Gasteiger partial charge in [-0.05, 0) is 31.2 Å². The van der Waals surface area contributed by atoms with Crippen LogP contribution in [0.5, 0.6) is 0 Å². The van der Waals surface area contributed by atoms with Crippen molar-refractivity contribution in [1.29, 1.82) is 0 Å². The molecule has 0 spiro atoms. The summed E-state index contributed by atoms with van der Waals surface area (Å²) in [6.45, 7) is 7.94. The van der Waals surface area contributed by atoms with Crippen LogP contribution in [0.4, 0.5) is 0 Å². The van der Waals surface area contributed by atoms with Crippen molar-refractivity contribution < 1.29 is 4.42 Å². The van der Waals surface area contributed by atoms with Crippen LogP contribution in [-0.4, -0.2) is 21.6 Å². The summed E-state index contributed by atoms with van der Waals surface area (Å²) in [4.78, 5) is 3.38. The summed E-state index contributed by atoms with van der Waals surface area (Å²) in [5, 5.41) is 8.32. The first-order valence-corrected chi connectivity index (χ1v) is 8.80. The SMILES string of the molecule is C=CCN(Cc1nnc(-c2ccc(C)cc2)o1)Cc1ccc(Cl)s1. The molecule has 0 aliphatic heterocycles. The number of halogens is 1. The third kappa shape index (κ3) is 4.32. The largest absolute Gasteiger partial charge is 0.419 e. The van der Waals surface area contributed by atoms with Crippen LogP contribution in [0.15, 0.2) is 53.5 Å². The van der Waals surface area contributed by atoms with E-state index in [1.54, 1.807) is 11.3 Å². The third-order valence-electron chi connectivity index (χ3n) is 3.52. The minimum Gasteiger partial charge on any atom is -0.419 e. The van der Waals surface area contributed by atoms with Crippen molar-refractivity contribution in [3.05, 3.63) is 69.7 Å². The first kappa shape index (κ1) is 16.9. The molecule has 2 aromatic heterocycles. The number of nitrogens with zero attached hydrogens (tertiary/aromatic N) is 3. The van der Waals surface area contributed by atoms with E-state index < -0.39 is 0 Å². The van der Waals surface area contributed by atoms with Crippen LogP contribution >= 0.6 is 22.9 Å². The minimum atomic E-state index is 0.544. The van der Waals surface area contributed by atoms with Gasteiger partial charge >= 0.3 is 0 Å². The van der Waals surface area contributed by atoms with Crippen molar-refractivity contribution in [2.24, 2.45) is 0 Å². The highest BCUT2D eigenvalue weighted by molar-refractivity contribution is 7.16. The molecule has 2 heterocycles. The Morgan fingerprint density at radius 1 is 1.17 bits per heavy atom. The molecule has 0 aliphatic rings. The average molecular weight is 360 g/mol. The summed E-state index contributed by atoms with van der Waals surface area (Å²) in [6.07, 6.45) is 1.87. The van der Waals surface area contributed by atoms with Crippen LogP contribution in [0, 0.1) is 6.92 Å². The van der Waals surface area contributed by atoms with E-state index in [2.05, 4.69) is 21.7 Å². The quantitative estimate of drug-likeness (QED) is 0.560. The molecule has 0 radical (unpaired) electrons. The highest BCUT2D eigenvalue weighted by atomic mass is 35.5. The van der Waals surface area contributed by atoms with Crippen LogP contribution < -0.4 is 0 Å². The second-order valence-electron chi connectivity index (χ2n) is 5.53. The Bertz CT molecular complexity index is 810. The molecule has 6 heteroatoms. The zero-order valence-corrected chi connectivity index (χ0v) is 15.0. The Labute approximate surface area is 150 Å². The number of aromatic nitrogens is 2. The van der Waals surface area contributed by atoms with Gasteiger partial charge < -0.3 is 4.42 Å². The van der Waals surface area contributed by atoms with Gasteiger partial charge in [0.2, 0.25) is 11.8 Å². The molecule has 0 saturated carbocycles. The zero-order valence-electron chi connectivity index (χ0n) is 13.4. The van der Waals surface area contributed by atoms with Gasteiger partial charge in [0.1, 0.15) is 0 Å². The average Bonchev–Trinajstić information content (AvgIpc) is 3.18. The monoisotopic (exact) mass is 359 g/mol. The zero-order chi connectivity index (χ0) is 16.9. The fourth-order valence-electron chi connectivity index (χ4n) is 2.35. The third-order valence-corrected chi connectivity index (χ3v) is 4.74. The summed E-state index contributed by atoms with van der Waals surface area (Å²) >= 11 is 7.58. The lowest BCUT2D eigenvalue weighted by molar-refractivity contribution is 0.258. The van der Waals surface area contributed by atoms with Gasteiger partial charge in [-0.1, -0.05) is 35.4 Å². The van der Waals surface area contributed by atoms with Gasteiger partial charge in [-0.2, -0.15) is 0 Å². The van der Waals surface area contributed by atoms with Crippen molar-refractivity contribution in [1.82, 2.24) is 15.1 Å². The lowest BCUT2D eigenvalue weighted by Gasteiger charge is -2.17. The van der Waals surface area contributed by atoms with E-state index in [0.717, 1.165) is 23.0 Å². The Hall–Kier alpha value is -1.95. The van der Waals surface area contributed by atoms with E-state index in [4.69, 9.17) is 16.0 Å². The number of thiophene rings is 1. The lowest BCUT2D eigenvalue weighted by Crippen LogP contribution is -2.22. The van der Waals surface area contributed by atoms with Crippen LogP contribution in [0.2, 0.25) is 4.34 Å². The number of aryl methyl sites for hydroxylation is 1. The van der Waals surface area contributed by atoms with Crippen molar-refractivity contribution in [3.8, 4) is 11.5 Å². The van der Waals surface area contributed by atoms with Gasteiger partial charge in [0, 0.05) is 23.5 Å². The highest BCUT2D eigenvalue weighted by Crippen LogP contribution is 2.24. The first-order chi connectivity index (χ1) is 11.6. The summed E-state index contributed by atoms with van der Waals surface area (Å²) in [7, 11) is 0. The molecule has 3 rings (SSSR count). The molecule has 0 saturated heterocycles. The molecule has 0 fully saturated rings. The summed E-state index contributed by atoms with van der Waals surface area (Å²) < 4.78 is 6.60. The molecule has 0 bridgehead atoms. The van der Waals surface area contributed by atoms with E-state index in [1.807, 2.05) is 49.4 Å². The molecule has 0 unspecified atom stereocenters. The highest BCUT2D eigenvalue weighted by Gasteiger charge is 2.13. The van der Waals surface area contributed by atoms with E-state index in [-0.39, 0.29) is 0 Å². The van der Waals surface area contributed by atoms with E-state index in [9.17, 15) is 0 Å². The molecular formula is C18H18ClN3OS. The fraction of sp³-hybridized carbons (Fsp3) is 0.222. The Morgan fingerprint density at radius 3 is 2.62 bits per heavy atom. The van der Waals surface area contributed by atoms with Gasteiger partial charge in [-0.3, -0.25) is 4.90 Å². The maximum atomic E-state index is 6.00. The summed E-state index contributed by atoms with van der Waals surface area (Å²) in [5.41, 5.74) is 2.13. The predicted octanol–water partition coefficient (Wildman–Crippen LogP) is 4.95. The molecule has 124 valence electrons. The van der Waals surface area contributed by atoms with E-state index in [1.165, 1.54) is 10.4 Å². The van der Waals surface area contributed by atoms with Crippen molar-refractivity contribution in [2.45, 2.75) is 20.0 Å². The summed E-state index contributed by atoms with van der Waals surface area (Å²) in [5.74, 6) is 1.14. The molecule has 0 atom stereocenters. The molecule has 4 nitrogen and oxygen atoms in total. The summed E-state index contributed by atoms with van der Waals surface area (Å²) in [6, 6.07) is 12.0. The molecular weight excluding hydrogens is 342 g/mol. The Balaban J connectivity index is 1.70. The second-order valence-corrected chi connectivity index (χ2v) is 7.33. The molecule has 1 aromatic carbocycles. The molecule has 0 aliphatic carbocycles. The Kier molecular flexibility index (Phi) is 5.45. The number of rotatable bonds is 7. The van der Waals surface area contributed by atoms with Gasteiger partial charge in [0.15, 0.2) is 0 Å². The maximum Gasteiger partial charge on any atom is 0.247 e. The van der Waals surface area contributed by atoms with Crippen molar-refractivity contribution in [3.63, 3.8) is 0 Å². The fourth-order valence-corrected chi connectivity index (χ4v) is 3.48. The van der Waals surface area contributed by atoms with Gasteiger partial charge in [-0.25, -0.2) is 0 Å². The van der Waals surface area contributed by atoms with Crippen LogP contribution in [0.3, 0.4) is 0 Å². The standard InChI is InChI=1S/C18H18ClN3OS/c1-3-10-22(11-15-8-9-16(19)24-15)12-17-20-21-18(23-17)14-6-4-13(2)5-7-14/h3-9H,1,10-12H2,2H3. The number of hydrogen-bond acceptors (Lipinski definition) is 5. The van der Waals surface area contributed by atoms with Crippen LogP contribution in [0.1, 0.15) is 16.3 Å². The Morgan fingerprint density at radius 2 is 1.96 bits per heavy atom. The normalized spacial score (nSPS) is 11.1. The topological polar surface area (TPSA) is 42.2 Å². The smallest absolute Gasteiger partial charge is 0.247 e. The van der Waals surface area contributed by atoms with Crippen LogP contribution in [-0.2, 0) is 13.1 Å². The maximum absolute atomic E-state index is 6.00. The molecule has 0 amide bonds. The molecule has 0 N–H and O–H groups in total. The van der Waals surface area contributed by atoms with E-state index in [0.29, 0.717) is 18.3 Å². The van der Waals surface area contributed by atoms with Gasteiger partial charge in [-0.15, -0.1) is 28.1 Å². The first-order valence-electron chi connectivity index (χ1n) is 7.61. The van der Waals surface area contributed by atoms with Gasteiger partial charge in [0.25, 0.3) is 0 Å². The molecule has 24 heavy (non-hydrogen) atoms. The predicted molar refractivity (Wildman–Crippen MR) is 98.1 cm³/mol. The molecule has 3 aromatic rings. The van der Waals surface area contributed by atoms with Crippen LogP contribution in [0.25, 0.3) is 11.5 Å². The van der Waals surface area contributed by atoms with Gasteiger partial charge in [0.05, 0.1) is 10.9 Å². The number of benzene rings is 1. The second kappa shape index (κ2) is 7.75. The van der Waals surface area contributed by atoms with Crippen molar-refractivity contribution in [2.75, 3.05) is 6.54 Å². The number of hydrogen-bond donors (Lipinski definition) is 0. The lowest BCUT2D eigenvalue weighted by atomic mass is 10.1. The minimum absolute atomic E-state index is 0.544. The van der Waals surface area contributed by atoms with E-state index >= 15 is 0 Å². The van der Waals surface area contributed by atoms with Crippen molar-refractivity contribution >= 4 is 22.9 Å².